The second-order valence-electron chi connectivity index (χ2n) is 5.07. The SMILES string of the molecule is CCC(C)NCC(C)N(C)Cc1ccccc1Br. The Morgan fingerprint density at radius 3 is 2.56 bits per heavy atom. The van der Waals surface area contributed by atoms with Gasteiger partial charge in [0.25, 0.3) is 0 Å². The summed E-state index contributed by atoms with van der Waals surface area (Å²) in [6, 6.07) is 9.56. The van der Waals surface area contributed by atoms with E-state index in [0.29, 0.717) is 12.1 Å². The van der Waals surface area contributed by atoms with E-state index in [1.165, 1.54) is 16.5 Å². The van der Waals surface area contributed by atoms with Crippen molar-refractivity contribution in [2.45, 2.75) is 45.8 Å². The highest BCUT2D eigenvalue weighted by Gasteiger charge is 2.11. The topological polar surface area (TPSA) is 15.3 Å². The number of rotatable bonds is 7. The second-order valence-corrected chi connectivity index (χ2v) is 5.93. The highest BCUT2D eigenvalue weighted by Crippen LogP contribution is 2.17. The summed E-state index contributed by atoms with van der Waals surface area (Å²) in [5.74, 6) is 0. The smallest absolute Gasteiger partial charge is 0.0245 e. The fourth-order valence-corrected chi connectivity index (χ4v) is 2.13. The summed E-state index contributed by atoms with van der Waals surface area (Å²) in [4.78, 5) is 2.38. The first-order valence-electron chi connectivity index (χ1n) is 6.71. The Morgan fingerprint density at radius 1 is 1.28 bits per heavy atom. The lowest BCUT2D eigenvalue weighted by Crippen LogP contribution is -2.40. The highest BCUT2D eigenvalue weighted by atomic mass is 79.9. The molecule has 0 amide bonds. The van der Waals surface area contributed by atoms with E-state index in [1.807, 2.05) is 0 Å². The lowest BCUT2D eigenvalue weighted by Gasteiger charge is -2.26. The first-order chi connectivity index (χ1) is 8.54. The molecule has 1 aromatic carbocycles. The lowest BCUT2D eigenvalue weighted by atomic mass is 10.2. The molecule has 1 rings (SSSR count). The second kappa shape index (κ2) is 7.93. The van der Waals surface area contributed by atoms with Gasteiger partial charge < -0.3 is 5.32 Å². The largest absolute Gasteiger partial charge is 0.313 e. The van der Waals surface area contributed by atoms with Gasteiger partial charge in [-0.1, -0.05) is 41.1 Å². The fourth-order valence-electron chi connectivity index (χ4n) is 1.72. The Kier molecular flexibility index (Phi) is 6.90. The van der Waals surface area contributed by atoms with Crippen LogP contribution in [0.1, 0.15) is 32.8 Å². The normalized spacial score (nSPS) is 14.8. The number of likely N-dealkylation sites (N-methyl/N-ethyl adjacent to an activating group) is 1. The number of nitrogens with one attached hydrogen (secondary N) is 1. The molecule has 0 saturated carbocycles. The molecule has 2 atom stereocenters. The van der Waals surface area contributed by atoms with E-state index < -0.39 is 0 Å². The molecule has 0 bridgehead atoms. The summed E-state index contributed by atoms with van der Waals surface area (Å²) in [7, 11) is 2.18. The van der Waals surface area contributed by atoms with Gasteiger partial charge in [0.15, 0.2) is 0 Å². The predicted molar refractivity (Wildman–Crippen MR) is 82.8 cm³/mol. The van der Waals surface area contributed by atoms with E-state index >= 15 is 0 Å². The molecule has 0 saturated heterocycles. The minimum Gasteiger partial charge on any atom is -0.313 e. The fraction of sp³-hybridized carbons (Fsp3) is 0.600. The van der Waals surface area contributed by atoms with Gasteiger partial charge in [0, 0.05) is 29.6 Å². The lowest BCUT2D eigenvalue weighted by molar-refractivity contribution is 0.237. The average Bonchev–Trinajstić information content (AvgIpc) is 2.38. The van der Waals surface area contributed by atoms with Crippen LogP contribution in [0.5, 0.6) is 0 Å². The van der Waals surface area contributed by atoms with Crippen LogP contribution in [0.2, 0.25) is 0 Å². The van der Waals surface area contributed by atoms with Gasteiger partial charge in [-0.05, 0) is 38.9 Å². The Bertz CT molecular complexity index is 354. The van der Waals surface area contributed by atoms with Crippen LogP contribution in [0.15, 0.2) is 28.7 Å². The Hall–Kier alpha value is -0.380. The third-order valence-corrected chi connectivity index (χ3v) is 4.28. The molecule has 0 fully saturated rings. The molecule has 0 aliphatic carbocycles. The van der Waals surface area contributed by atoms with E-state index in [4.69, 9.17) is 0 Å². The van der Waals surface area contributed by atoms with Gasteiger partial charge >= 0.3 is 0 Å². The minimum atomic E-state index is 0.533. The molecule has 2 nitrogen and oxygen atoms in total. The first kappa shape index (κ1) is 15.7. The molecule has 3 heteroatoms. The van der Waals surface area contributed by atoms with Crippen LogP contribution in [-0.4, -0.2) is 30.6 Å². The highest BCUT2D eigenvalue weighted by molar-refractivity contribution is 9.10. The van der Waals surface area contributed by atoms with E-state index in [2.05, 4.69) is 78.2 Å². The molecule has 1 N–H and O–H groups in total. The monoisotopic (exact) mass is 312 g/mol. The molecule has 0 aromatic heterocycles. The maximum atomic E-state index is 3.61. The van der Waals surface area contributed by atoms with Crippen LogP contribution in [0, 0.1) is 0 Å². The quantitative estimate of drug-likeness (QED) is 0.826. The molecule has 0 aliphatic heterocycles. The van der Waals surface area contributed by atoms with Crippen LogP contribution in [0.3, 0.4) is 0 Å². The zero-order valence-corrected chi connectivity index (χ0v) is 13.5. The van der Waals surface area contributed by atoms with Crippen LogP contribution < -0.4 is 5.32 Å². The van der Waals surface area contributed by atoms with Gasteiger partial charge in [-0.2, -0.15) is 0 Å². The number of halogens is 1. The third kappa shape index (κ3) is 5.09. The van der Waals surface area contributed by atoms with Crippen LogP contribution in [-0.2, 0) is 6.54 Å². The first-order valence-corrected chi connectivity index (χ1v) is 7.51. The van der Waals surface area contributed by atoms with Crippen molar-refractivity contribution in [3.63, 3.8) is 0 Å². The van der Waals surface area contributed by atoms with Gasteiger partial charge in [0.05, 0.1) is 0 Å². The van der Waals surface area contributed by atoms with Gasteiger partial charge in [-0.25, -0.2) is 0 Å². The van der Waals surface area contributed by atoms with Crippen molar-refractivity contribution in [3.8, 4) is 0 Å². The van der Waals surface area contributed by atoms with Crippen molar-refractivity contribution in [3.05, 3.63) is 34.3 Å². The van der Waals surface area contributed by atoms with E-state index in [9.17, 15) is 0 Å². The van der Waals surface area contributed by atoms with Gasteiger partial charge in [0.2, 0.25) is 0 Å². The zero-order valence-electron chi connectivity index (χ0n) is 11.9. The molecule has 1 aromatic rings. The van der Waals surface area contributed by atoms with Gasteiger partial charge in [-0.3, -0.25) is 4.90 Å². The van der Waals surface area contributed by atoms with Crippen LogP contribution in [0.25, 0.3) is 0 Å². The predicted octanol–water partition coefficient (Wildman–Crippen LogP) is 3.66. The third-order valence-electron chi connectivity index (χ3n) is 3.50. The van der Waals surface area contributed by atoms with E-state index in [0.717, 1.165) is 13.1 Å². The van der Waals surface area contributed by atoms with E-state index in [-0.39, 0.29) is 0 Å². The summed E-state index contributed by atoms with van der Waals surface area (Å²) in [6.07, 6.45) is 1.18. The summed E-state index contributed by atoms with van der Waals surface area (Å²) >= 11 is 3.61. The Morgan fingerprint density at radius 2 is 1.94 bits per heavy atom. The van der Waals surface area contributed by atoms with Crippen molar-refractivity contribution in [1.29, 1.82) is 0 Å². The molecule has 0 spiro atoms. The summed E-state index contributed by atoms with van der Waals surface area (Å²) in [5.41, 5.74) is 1.34. The van der Waals surface area contributed by atoms with Crippen molar-refractivity contribution in [2.75, 3.05) is 13.6 Å². The van der Waals surface area contributed by atoms with Gasteiger partial charge in [-0.15, -0.1) is 0 Å². The molecule has 0 radical (unpaired) electrons. The number of hydrogen-bond donors (Lipinski definition) is 1. The molecule has 18 heavy (non-hydrogen) atoms. The summed E-state index contributed by atoms with van der Waals surface area (Å²) in [6.45, 7) is 8.74. The molecule has 0 heterocycles. The molecular formula is C15H25BrN2. The van der Waals surface area contributed by atoms with Crippen molar-refractivity contribution in [2.24, 2.45) is 0 Å². The van der Waals surface area contributed by atoms with Crippen LogP contribution in [0.4, 0.5) is 0 Å². The minimum absolute atomic E-state index is 0.533. The molecule has 102 valence electrons. The number of hydrogen-bond acceptors (Lipinski definition) is 2. The molecule has 2 unspecified atom stereocenters. The average molecular weight is 313 g/mol. The maximum absolute atomic E-state index is 3.61. The standard InChI is InChI=1S/C15H25BrN2/c1-5-12(2)17-10-13(3)18(4)11-14-8-6-7-9-15(14)16/h6-9,12-13,17H,5,10-11H2,1-4H3. The number of benzene rings is 1. The molecule has 0 aliphatic rings. The van der Waals surface area contributed by atoms with E-state index in [1.54, 1.807) is 0 Å². The summed E-state index contributed by atoms with van der Waals surface area (Å²) in [5, 5.41) is 3.56. The van der Waals surface area contributed by atoms with Crippen LogP contribution >= 0.6 is 15.9 Å². The van der Waals surface area contributed by atoms with Crippen molar-refractivity contribution < 1.29 is 0 Å². The Labute approximate surface area is 120 Å². The van der Waals surface area contributed by atoms with Gasteiger partial charge in [0.1, 0.15) is 0 Å². The number of nitrogens with zero attached hydrogens (tertiary/aromatic N) is 1. The molecular weight excluding hydrogens is 288 g/mol. The van der Waals surface area contributed by atoms with Crippen molar-refractivity contribution >= 4 is 15.9 Å². The summed E-state index contributed by atoms with van der Waals surface area (Å²) < 4.78 is 1.19. The van der Waals surface area contributed by atoms with Crippen molar-refractivity contribution in [1.82, 2.24) is 10.2 Å². The maximum Gasteiger partial charge on any atom is 0.0245 e. The zero-order chi connectivity index (χ0) is 13.5. The Balaban J connectivity index is 2.45.